The van der Waals surface area contributed by atoms with Crippen LogP contribution in [-0.4, -0.2) is 39.1 Å². The van der Waals surface area contributed by atoms with Crippen LogP contribution in [0.2, 0.25) is 0 Å². The van der Waals surface area contributed by atoms with Gasteiger partial charge < -0.3 is 10.2 Å². The molecule has 0 amide bonds. The number of aromatic nitrogens is 2. The van der Waals surface area contributed by atoms with E-state index in [0.717, 1.165) is 20.8 Å². The third kappa shape index (κ3) is 3.59. The van der Waals surface area contributed by atoms with Crippen molar-refractivity contribution in [2.45, 2.75) is 13.3 Å². The Bertz CT molecular complexity index is 855. The molecule has 0 saturated heterocycles. The molecule has 0 saturated carbocycles. The lowest BCUT2D eigenvalue weighted by atomic mass is 10.1. The number of H-pyrrole nitrogens is 1. The minimum atomic E-state index is -0.736. The van der Waals surface area contributed by atoms with Gasteiger partial charge in [-0.05, 0) is 30.2 Å². The summed E-state index contributed by atoms with van der Waals surface area (Å²) in [6.07, 6.45) is 1.78. The van der Waals surface area contributed by atoms with Crippen LogP contribution in [0.1, 0.15) is 18.1 Å². The van der Waals surface area contributed by atoms with Crippen molar-refractivity contribution >= 4 is 22.1 Å². The van der Waals surface area contributed by atoms with Crippen LogP contribution < -0.4 is 11.2 Å². The van der Waals surface area contributed by atoms with E-state index >= 15 is 0 Å². The molecule has 3 N–H and O–H groups in total. The molecule has 7 nitrogen and oxygen atoms in total. The molecule has 0 fully saturated rings. The Kier molecular flexibility index (Phi) is 5.51. The molecule has 0 aliphatic heterocycles. The molecule has 1 heterocycles. The predicted molar refractivity (Wildman–Crippen MR) is 90.9 cm³/mol. The monoisotopic (exact) mass is 381 g/mol. The Morgan fingerprint density at radius 3 is 2.78 bits per heavy atom. The van der Waals surface area contributed by atoms with Crippen LogP contribution in [0.25, 0.3) is 5.69 Å². The molecule has 8 heteroatoms. The number of hydrogen-bond acceptors (Lipinski definition) is 5. The van der Waals surface area contributed by atoms with E-state index in [1.807, 2.05) is 13.0 Å². The van der Waals surface area contributed by atoms with Gasteiger partial charge in [0, 0.05) is 10.7 Å². The number of aliphatic imine (C=N–C) groups is 1. The van der Waals surface area contributed by atoms with Gasteiger partial charge in [0.2, 0.25) is 5.88 Å². The number of benzene rings is 1. The van der Waals surface area contributed by atoms with E-state index in [1.165, 1.54) is 0 Å². The maximum Gasteiger partial charge on any atom is 0.335 e. The normalized spacial score (nSPS) is 11.3. The quantitative estimate of drug-likeness (QED) is 0.670. The van der Waals surface area contributed by atoms with Gasteiger partial charge in [-0.1, -0.05) is 22.9 Å². The Morgan fingerprint density at radius 1 is 1.39 bits per heavy atom. The molecule has 0 aliphatic rings. The summed E-state index contributed by atoms with van der Waals surface area (Å²) in [6, 6.07) is 5.26. The van der Waals surface area contributed by atoms with Crippen molar-refractivity contribution in [2.75, 3.05) is 13.2 Å². The van der Waals surface area contributed by atoms with Crippen molar-refractivity contribution < 1.29 is 10.2 Å². The molecule has 0 unspecified atom stereocenters. The highest BCUT2D eigenvalue weighted by molar-refractivity contribution is 9.10. The Balaban J connectivity index is 2.71. The summed E-state index contributed by atoms with van der Waals surface area (Å²) < 4.78 is 1.88. The topological polar surface area (TPSA) is 108 Å². The minimum absolute atomic E-state index is 0.0938. The molecule has 0 radical (unpaired) electrons. The molecule has 0 aliphatic carbocycles. The number of aliphatic hydroxyl groups excluding tert-OH is 1. The molecule has 122 valence electrons. The van der Waals surface area contributed by atoms with E-state index in [-0.39, 0.29) is 18.7 Å². The van der Waals surface area contributed by atoms with Crippen molar-refractivity contribution in [1.82, 2.24) is 9.55 Å². The number of rotatable bonds is 5. The Labute approximate surface area is 140 Å². The number of aromatic hydroxyl groups is 1. The van der Waals surface area contributed by atoms with E-state index in [0.29, 0.717) is 12.1 Å². The van der Waals surface area contributed by atoms with Crippen molar-refractivity contribution in [3.63, 3.8) is 0 Å². The first-order valence-electron chi connectivity index (χ1n) is 6.97. The third-order valence-electron chi connectivity index (χ3n) is 3.23. The average molecular weight is 382 g/mol. The van der Waals surface area contributed by atoms with E-state index < -0.39 is 17.1 Å². The van der Waals surface area contributed by atoms with Gasteiger partial charge >= 0.3 is 5.69 Å². The molecular formula is C15H16BrN3O4. The maximum atomic E-state index is 12.1. The van der Waals surface area contributed by atoms with Gasteiger partial charge in [0.05, 0.1) is 18.8 Å². The van der Waals surface area contributed by atoms with E-state index in [2.05, 4.69) is 25.9 Å². The minimum Gasteiger partial charge on any atom is -0.493 e. The average Bonchev–Trinajstić information content (AvgIpc) is 2.51. The summed E-state index contributed by atoms with van der Waals surface area (Å²) in [5.74, 6) is -0.488. The van der Waals surface area contributed by atoms with Gasteiger partial charge in [-0.2, -0.15) is 0 Å². The van der Waals surface area contributed by atoms with Crippen molar-refractivity contribution in [3.05, 3.63) is 54.6 Å². The largest absolute Gasteiger partial charge is 0.493 e. The number of nitrogens with one attached hydrogen (secondary N) is 1. The summed E-state index contributed by atoms with van der Waals surface area (Å²) in [6.45, 7) is 1.83. The fourth-order valence-electron chi connectivity index (χ4n) is 2.15. The van der Waals surface area contributed by atoms with Gasteiger partial charge in [0.1, 0.15) is 5.56 Å². The van der Waals surface area contributed by atoms with Gasteiger partial charge in [-0.15, -0.1) is 0 Å². The lowest BCUT2D eigenvalue weighted by Crippen LogP contribution is -2.31. The van der Waals surface area contributed by atoms with E-state index in [1.54, 1.807) is 12.1 Å². The fourth-order valence-corrected chi connectivity index (χ4v) is 2.56. The molecular weight excluding hydrogens is 366 g/mol. The van der Waals surface area contributed by atoms with Crippen LogP contribution in [0.15, 0.2) is 37.3 Å². The number of nitrogens with zero attached hydrogens (tertiary/aromatic N) is 2. The van der Waals surface area contributed by atoms with Crippen LogP contribution >= 0.6 is 15.9 Å². The Hall–Kier alpha value is -2.19. The summed E-state index contributed by atoms with van der Waals surface area (Å²) in [4.78, 5) is 30.0. The standard InChI is InChI=1S/C15H16BrN3O4/c1-2-9-7-10(16)3-4-12(9)19-14(22)11(8-17-5-6-20)13(21)18-15(19)23/h3-4,7-8,20,22H,2,5-6H2,1H3,(H,18,21,23). The molecule has 0 atom stereocenters. The molecule has 0 spiro atoms. The van der Waals surface area contributed by atoms with Crippen molar-refractivity contribution in [1.29, 1.82) is 0 Å². The van der Waals surface area contributed by atoms with Gasteiger partial charge in [-0.3, -0.25) is 14.8 Å². The van der Waals surface area contributed by atoms with Gasteiger partial charge in [0.25, 0.3) is 5.56 Å². The first kappa shape index (κ1) is 17.2. The number of aliphatic hydroxyl groups is 1. The second kappa shape index (κ2) is 7.38. The Morgan fingerprint density at radius 2 is 2.13 bits per heavy atom. The molecule has 23 heavy (non-hydrogen) atoms. The first-order valence-corrected chi connectivity index (χ1v) is 7.76. The predicted octanol–water partition coefficient (Wildman–Crippen LogP) is 0.968. The second-order valence-corrected chi connectivity index (χ2v) is 5.63. The highest BCUT2D eigenvalue weighted by Crippen LogP contribution is 2.23. The zero-order chi connectivity index (χ0) is 17.0. The summed E-state index contributed by atoms with van der Waals surface area (Å²) in [7, 11) is 0. The molecule has 2 aromatic rings. The van der Waals surface area contributed by atoms with Gasteiger partial charge in [-0.25, -0.2) is 9.36 Å². The molecule has 1 aromatic heterocycles. The molecule has 1 aromatic carbocycles. The van der Waals surface area contributed by atoms with Crippen LogP contribution in [0.3, 0.4) is 0 Å². The smallest absolute Gasteiger partial charge is 0.335 e. The van der Waals surface area contributed by atoms with Crippen LogP contribution in [-0.2, 0) is 6.42 Å². The maximum absolute atomic E-state index is 12.1. The third-order valence-corrected chi connectivity index (χ3v) is 3.73. The van der Waals surface area contributed by atoms with Crippen LogP contribution in [0.5, 0.6) is 5.88 Å². The molecule has 0 bridgehead atoms. The first-order chi connectivity index (χ1) is 11.0. The van der Waals surface area contributed by atoms with Crippen LogP contribution in [0, 0.1) is 0 Å². The summed E-state index contributed by atoms with van der Waals surface area (Å²) >= 11 is 3.36. The molecule has 2 rings (SSSR count). The zero-order valence-electron chi connectivity index (χ0n) is 12.4. The van der Waals surface area contributed by atoms with Gasteiger partial charge in [0.15, 0.2) is 0 Å². The zero-order valence-corrected chi connectivity index (χ0v) is 14.0. The second-order valence-electron chi connectivity index (χ2n) is 4.72. The SMILES string of the molecule is CCc1cc(Br)ccc1-n1c(O)c(C=NCCO)c(=O)[nH]c1=O. The lowest BCUT2D eigenvalue weighted by Gasteiger charge is -2.13. The van der Waals surface area contributed by atoms with Crippen molar-refractivity contribution in [2.24, 2.45) is 4.99 Å². The number of hydrogen-bond donors (Lipinski definition) is 3. The summed E-state index contributed by atoms with van der Waals surface area (Å²) in [5.41, 5.74) is -0.305. The fraction of sp³-hybridized carbons (Fsp3) is 0.267. The van der Waals surface area contributed by atoms with Crippen LogP contribution in [0.4, 0.5) is 0 Å². The number of aryl methyl sites for hydroxylation is 1. The van der Waals surface area contributed by atoms with E-state index in [4.69, 9.17) is 5.11 Å². The lowest BCUT2D eigenvalue weighted by molar-refractivity contribution is 0.307. The van der Waals surface area contributed by atoms with E-state index in [9.17, 15) is 14.7 Å². The highest BCUT2D eigenvalue weighted by atomic mass is 79.9. The summed E-state index contributed by atoms with van der Waals surface area (Å²) in [5, 5.41) is 19.1. The number of aromatic amines is 1. The van der Waals surface area contributed by atoms with Crippen molar-refractivity contribution in [3.8, 4) is 11.6 Å². The number of halogens is 1. The highest BCUT2D eigenvalue weighted by Gasteiger charge is 2.16.